The molecule has 0 spiro atoms. The van der Waals surface area contributed by atoms with E-state index in [0.29, 0.717) is 11.2 Å². The van der Waals surface area contributed by atoms with Gasteiger partial charge in [0.25, 0.3) is 0 Å². The zero-order valence-electron chi connectivity index (χ0n) is 10.9. The third-order valence-corrected chi connectivity index (χ3v) is 3.14. The van der Waals surface area contributed by atoms with E-state index in [-0.39, 0.29) is 24.2 Å². The van der Waals surface area contributed by atoms with E-state index in [9.17, 15) is 4.79 Å². The lowest BCUT2D eigenvalue weighted by molar-refractivity contribution is -0.118. The third kappa shape index (κ3) is 3.42. The Morgan fingerprint density at radius 3 is 2.79 bits per heavy atom. The Hall–Kier alpha value is -1.66. The van der Waals surface area contributed by atoms with E-state index in [0.717, 1.165) is 11.9 Å². The molecule has 7 heteroatoms. The minimum Gasteiger partial charge on any atom is -0.325 e. The van der Waals surface area contributed by atoms with Crippen LogP contribution in [0.15, 0.2) is 18.2 Å². The Morgan fingerprint density at radius 2 is 2.11 bits per heavy atom. The van der Waals surface area contributed by atoms with Gasteiger partial charge in [0.2, 0.25) is 5.91 Å². The van der Waals surface area contributed by atoms with Gasteiger partial charge in [0.05, 0.1) is 6.04 Å². The minimum atomic E-state index is -0.497. The highest BCUT2D eigenvalue weighted by atomic mass is 35.5. The number of fused-ring (bicyclic) bond motifs is 1. The topological polar surface area (TPSA) is 96.7 Å². The molecule has 0 fully saturated rings. The van der Waals surface area contributed by atoms with E-state index in [1.807, 2.05) is 13.8 Å². The predicted octanol–water partition coefficient (Wildman–Crippen LogP) is 1.69. The second-order valence-electron chi connectivity index (χ2n) is 4.43. The maximum absolute atomic E-state index is 11.9. The zero-order chi connectivity index (χ0) is 13.1. The first-order valence-electron chi connectivity index (χ1n) is 5.98. The Bertz CT molecular complexity index is 556. The van der Waals surface area contributed by atoms with Crippen molar-refractivity contribution in [3.05, 3.63) is 18.2 Å². The van der Waals surface area contributed by atoms with Crippen LogP contribution in [0.5, 0.6) is 0 Å². The number of benzene rings is 1. The monoisotopic (exact) mass is 283 g/mol. The fourth-order valence-corrected chi connectivity index (χ4v) is 1.66. The number of aromatic nitrogens is 3. The highest BCUT2D eigenvalue weighted by molar-refractivity contribution is 5.96. The molecule has 4 N–H and O–H groups in total. The summed E-state index contributed by atoms with van der Waals surface area (Å²) >= 11 is 0. The largest absolute Gasteiger partial charge is 0.325 e. The maximum Gasteiger partial charge on any atom is 0.241 e. The van der Waals surface area contributed by atoms with Gasteiger partial charge < -0.3 is 11.1 Å². The first-order valence-corrected chi connectivity index (χ1v) is 5.98. The summed E-state index contributed by atoms with van der Waals surface area (Å²) in [6.07, 6.45) is 0.872. The molecule has 0 aliphatic heterocycles. The Morgan fingerprint density at radius 1 is 1.42 bits per heavy atom. The number of carbonyl (C=O) groups excluding carboxylic acids is 1. The van der Waals surface area contributed by atoms with Crippen molar-refractivity contribution >= 4 is 35.0 Å². The normalized spacial score (nSPS) is 13.6. The molecular weight excluding hydrogens is 266 g/mol. The van der Waals surface area contributed by atoms with Crippen LogP contribution in [-0.2, 0) is 4.79 Å². The van der Waals surface area contributed by atoms with Crippen molar-refractivity contribution < 1.29 is 4.79 Å². The van der Waals surface area contributed by atoms with Gasteiger partial charge in [0.1, 0.15) is 11.0 Å². The number of nitrogens with one attached hydrogen (secondary N) is 2. The summed E-state index contributed by atoms with van der Waals surface area (Å²) in [7, 11) is 0. The average molecular weight is 284 g/mol. The number of hydrogen-bond acceptors (Lipinski definition) is 4. The van der Waals surface area contributed by atoms with E-state index in [2.05, 4.69) is 20.7 Å². The molecule has 0 saturated heterocycles. The average Bonchev–Trinajstić information content (AvgIpc) is 2.84. The summed E-state index contributed by atoms with van der Waals surface area (Å²) in [5.74, 6) is -0.0204. The van der Waals surface area contributed by atoms with Gasteiger partial charge in [0.15, 0.2) is 0 Å². The van der Waals surface area contributed by atoms with Crippen LogP contribution in [0.25, 0.3) is 11.0 Å². The van der Waals surface area contributed by atoms with E-state index in [1.54, 1.807) is 18.2 Å². The second kappa shape index (κ2) is 6.49. The lowest BCUT2D eigenvalue weighted by atomic mass is 9.99. The molecule has 2 unspecified atom stereocenters. The van der Waals surface area contributed by atoms with Crippen molar-refractivity contribution in [2.45, 2.75) is 26.3 Å². The Balaban J connectivity index is 0.00000180. The van der Waals surface area contributed by atoms with Gasteiger partial charge in [-0.2, -0.15) is 15.4 Å². The molecular formula is C12H18ClN5O. The number of aromatic amines is 1. The summed E-state index contributed by atoms with van der Waals surface area (Å²) in [5.41, 5.74) is 8.02. The Labute approximate surface area is 117 Å². The molecule has 0 aliphatic rings. The molecule has 2 atom stereocenters. The number of carbonyl (C=O) groups is 1. The first kappa shape index (κ1) is 15.4. The van der Waals surface area contributed by atoms with Gasteiger partial charge in [-0.25, -0.2) is 0 Å². The van der Waals surface area contributed by atoms with Crippen LogP contribution in [0.3, 0.4) is 0 Å². The summed E-state index contributed by atoms with van der Waals surface area (Å²) in [6.45, 7) is 3.98. The highest BCUT2D eigenvalue weighted by Gasteiger charge is 2.19. The van der Waals surface area contributed by atoms with Gasteiger partial charge in [0, 0.05) is 5.69 Å². The highest BCUT2D eigenvalue weighted by Crippen LogP contribution is 2.16. The first-order chi connectivity index (χ1) is 8.61. The molecule has 1 aromatic heterocycles. The lowest BCUT2D eigenvalue weighted by Gasteiger charge is -2.17. The minimum absolute atomic E-state index is 0. The van der Waals surface area contributed by atoms with Crippen molar-refractivity contribution in [1.29, 1.82) is 0 Å². The van der Waals surface area contributed by atoms with E-state index in [4.69, 9.17) is 5.73 Å². The number of anilines is 1. The number of amides is 1. The molecule has 104 valence electrons. The molecule has 2 rings (SSSR count). The lowest BCUT2D eigenvalue weighted by Crippen LogP contribution is -2.40. The number of hydrogen-bond donors (Lipinski definition) is 3. The van der Waals surface area contributed by atoms with Crippen molar-refractivity contribution in [1.82, 2.24) is 15.4 Å². The van der Waals surface area contributed by atoms with Gasteiger partial charge in [-0.3, -0.25) is 4.79 Å². The van der Waals surface area contributed by atoms with Crippen LogP contribution in [0.2, 0.25) is 0 Å². The van der Waals surface area contributed by atoms with Gasteiger partial charge in [-0.1, -0.05) is 20.3 Å². The summed E-state index contributed by atoms with van der Waals surface area (Å²) in [4.78, 5) is 11.9. The van der Waals surface area contributed by atoms with Gasteiger partial charge in [-0.05, 0) is 24.1 Å². The number of nitrogens with two attached hydrogens (primary N) is 1. The predicted molar refractivity (Wildman–Crippen MR) is 77.2 cm³/mol. The van der Waals surface area contributed by atoms with Gasteiger partial charge >= 0.3 is 0 Å². The molecule has 19 heavy (non-hydrogen) atoms. The van der Waals surface area contributed by atoms with Crippen LogP contribution >= 0.6 is 12.4 Å². The molecule has 0 saturated carbocycles. The van der Waals surface area contributed by atoms with E-state index >= 15 is 0 Å². The summed E-state index contributed by atoms with van der Waals surface area (Å²) in [5, 5.41) is 13.2. The van der Waals surface area contributed by atoms with Crippen molar-refractivity contribution in [2.75, 3.05) is 5.32 Å². The van der Waals surface area contributed by atoms with Crippen molar-refractivity contribution in [3.63, 3.8) is 0 Å². The van der Waals surface area contributed by atoms with Crippen LogP contribution in [0.1, 0.15) is 20.3 Å². The third-order valence-electron chi connectivity index (χ3n) is 3.14. The number of halogens is 1. The molecule has 0 aliphatic carbocycles. The van der Waals surface area contributed by atoms with Crippen LogP contribution in [0, 0.1) is 5.92 Å². The molecule has 0 radical (unpaired) electrons. The second-order valence-corrected chi connectivity index (χ2v) is 4.43. The van der Waals surface area contributed by atoms with Crippen LogP contribution in [-0.4, -0.2) is 27.4 Å². The molecule has 2 aromatic rings. The van der Waals surface area contributed by atoms with E-state index < -0.39 is 6.04 Å². The van der Waals surface area contributed by atoms with Crippen LogP contribution < -0.4 is 11.1 Å². The Kier molecular flexibility index (Phi) is 5.26. The standard InChI is InChI=1S/C12H17N5O.ClH/c1-3-7(2)11(13)12(18)14-8-4-5-9-10(6-8)16-17-15-9;/h4-7,11H,3,13H2,1-2H3,(H,14,18)(H,15,16,17);1H. The summed E-state index contributed by atoms with van der Waals surface area (Å²) < 4.78 is 0. The molecule has 6 nitrogen and oxygen atoms in total. The number of H-pyrrole nitrogens is 1. The SMILES string of the molecule is CCC(C)C(N)C(=O)Nc1ccc2n[nH]nc2c1.Cl. The quantitative estimate of drug-likeness (QED) is 0.795. The molecule has 1 aromatic carbocycles. The molecule has 1 heterocycles. The summed E-state index contributed by atoms with van der Waals surface area (Å²) in [6, 6.07) is 4.85. The fourth-order valence-electron chi connectivity index (χ4n) is 1.66. The van der Waals surface area contributed by atoms with Crippen molar-refractivity contribution in [2.24, 2.45) is 11.7 Å². The fraction of sp³-hybridized carbons (Fsp3) is 0.417. The van der Waals surface area contributed by atoms with Crippen LogP contribution in [0.4, 0.5) is 5.69 Å². The van der Waals surface area contributed by atoms with Crippen molar-refractivity contribution in [3.8, 4) is 0 Å². The van der Waals surface area contributed by atoms with Gasteiger partial charge in [-0.15, -0.1) is 12.4 Å². The zero-order valence-corrected chi connectivity index (χ0v) is 11.7. The molecule has 1 amide bonds. The number of nitrogens with zero attached hydrogens (tertiary/aromatic N) is 2. The van der Waals surface area contributed by atoms with E-state index in [1.165, 1.54) is 0 Å². The molecule has 0 bridgehead atoms. The maximum atomic E-state index is 11.9. The smallest absolute Gasteiger partial charge is 0.241 e. The number of rotatable bonds is 4.